The Labute approximate surface area is 98.1 Å². The number of imidazole rings is 1. The molecule has 0 amide bonds. The van der Waals surface area contributed by atoms with E-state index in [4.69, 9.17) is 10.7 Å². The average molecular weight is 221 g/mol. The maximum Gasteiger partial charge on any atom is 0.126 e. The summed E-state index contributed by atoms with van der Waals surface area (Å²) in [5, 5.41) is 0. The van der Waals surface area contributed by atoms with Gasteiger partial charge in [0.25, 0.3) is 0 Å². The van der Waals surface area contributed by atoms with Crippen molar-refractivity contribution in [2.24, 2.45) is 5.92 Å². The fourth-order valence-electron chi connectivity index (χ4n) is 2.46. The molecule has 0 saturated carbocycles. The SMILES string of the molecule is CCCCCc1nc2n(c1N)CCC(C)C2. The number of nitrogens with zero attached hydrogens (tertiary/aromatic N) is 2. The van der Waals surface area contributed by atoms with E-state index in [-0.39, 0.29) is 0 Å². The van der Waals surface area contributed by atoms with Crippen LogP contribution < -0.4 is 5.73 Å². The maximum atomic E-state index is 6.15. The van der Waals surface area contributed by atoms with E-state index >= 15 is 0 Å². The number of hydrogen-bond acceptors (Lipinski definition) is 2. The molecule has 2 rings (SSSR count). The lowest BCUT2D eigenvalue weighted by Crippen LogP contribution is -2.18. The summed E-state index contributed by atoms with van der Waals surface area (Å²) in [7, 11) is 0. The van der Waals surface area contributed by atoms with Gasteiger partial charge >= 0.3 is 0 Å². The Balaban J connectivity index is 2.09. The summed E-state index contributed by atoms with van der Waals surface area (Å²) >= 11 is 0. The molecule has 2 N–H and O–H groups in total. The molecule has 0 aromatic carbocycles. The molecule has 1 atom stereocenters. The van der Waals surface area contributed by atoms with Crippen LogP contribution in [-0.2, 0) is 19.4 Å². The Kier molecular flexibility index (Phi) is 3.52. The quantitative estimate of drug-likeness (QED) is 0.794. The highest BCUT2D eigenvalue weighted by molar-refractivity contribution is 5.39. The van der Waals surface area contributed by atoms with E-state index in [1.165, 1.54) is 31.5 Å². The molecule has 1 aromatic rings. The van der Waals surface area contributed by atoms with Crippen molar-refractivity contribution in [3.63, 3.8) is 0 Å². The summed E-state index contributed by atoms with van der Waals surface area (Å²) in [5.74, 6) is 2.90. The highest BCUT2D eigenvalue weighted by Gasteiger charge is 2.20. The first-order chi connectivity index (χ1) is 7.72. The molecule has 90 valence electrons. The van der Waals surface area contributed by atoms with Crippen LogP contribution in [0, 0.1) is 5.92 Å². The zero-order valence-electron chi connectivity index (χ0n) is 10.5. The Morgan fingerprint density at radius 1 is 1.44 bits per heavy atom. The molecule has 3 nitrogen and oxygen atoms in total. The van der Waals surface area contributed by atoms with Gasteiger partial charge in [0.05, 0.1) is 5.69 Å². The normalized spacial score (nSPS) is 19.8. The molecule has 0 saturated heterocycles. The van der Waals surface area contributed by atoms with Crippen molar-refractivity contribution in [3.8, 4) is 0 Å². The van der Waals surface area contributed by atoms with Crippen molar-refractivity contribution in [1.29, 1.82) is 0 Å². The second-order valence-electron chi connectivity index (χ2n) is 5.07. The molecule has 1 unspecified atom stereocenters. The van der Waals surface area contributed by atoms with Crippen molar-refractivity contribution in [1.82, 2.24) is 9.55 Å². The third kappa shape index (κ3) is 2.23. The Morgan fingerprint density at radius 2 is 2.25 bits per heavy atom. The topological polar surface area (TPSA) is 43.8 Å². The Bertz CT molecular complexity index is 354. The first-order valence-electron chi connectivity index (χ1n) is 6.56. The van der Waals surface area contributed by atoms with Gasteiger partial charge in [-0.2, -0.15) is 0 Å². The molecule has 3 heteroatoms. The van der Waals surface area contributed by atoms with Gasteiger partial charge in [0.15, 0.2) is 0 Å². The second-order valence-corrected chi connectivity index (χ2v) is 5.07. The van der Waals surface area contributed by atoms with Gasteiger partial charge in [-0.15, -0.1) is 0 Å². The van der Waals surface area contributed by atoms with Crippen molar-refractivity contribution in [2.75, 3.05) is 5.73 Å². The van der Waals surface area contributed by atoms with Gasteiger partial charge in [-0.25, -0.2) is 4.98 Å². The number of nitrogen functional groups attached to an aromatic ring is 1. The van der Waals surface area contributed by atoms with E-state index in [1.54, 1.807) is 0 Å². The number of hydrogen-bond donors (Lipinski definition) is 1. The molecule has 1 aromatic heterocycles. The predicted octanol–water partition coefficient (Wildman–Crippen LogP) is 2.78. The lowest BCUT2D eigenvalue weighted by molar-refractivity contribution is 0.412. The van der Waals surface area contributed by atoms with E-state index in [2.05, 4.69) is 18.4 Å². The van der Waals surface area contributed by atoms with Crippen molar-refractivity contribution < 1.29 is 0 Å². The summed E-state index contributed by atoms with van der Waals surface area (Å²) in [5.41, 5.74) is 7.29. The minimum atomic E-state index is 0.762. The van der Waals surface area contributed by atoms with Crippen LogP contribution in [0.15, 0.2) is 0 Å². The van der Waals surface area contributed by atoms with Gasteiger partial charge in [0.2, 0.25) is 0 Å². The third-order valence-corrected chi connectivity index (χ3v) is 3.56. The number of aryl methyl sites for hydroxylation is 1. The zero-order valence-corrected chi connectivity index (χ0v) is 10.5. The summed E-state index contributed by atoms with van der Waals surface area (Å²) in [6, 6.07) is 0. The summed E-state index contributed by atoms with van der Waals surface area (Å²) < 4.78 is 2.22. The summed E-state index contributed by atoms with van der Waals surface area (Å²) in [6.45, 7) is 5.58. The Morgan fingerprint density at radius 3 is 3.00 bits per heavy atom. The van der Waals surface area contributed by atoms with E-state index in [0.29, 0.717) is 0 Å². The number of fused-ring (bicyclic) bond motifs is 1. The number of aromatic nitrogens is 2. The number of anilines is 1. The van der Waals surface area contributed by atoms with Crippen molar-refractivity contribution in [3.05, 3.63) is 11.5 Å². The van der Waals surface area contributed by atoms with E-state index in [1.807, 2.05) is 0 Å². The molecule has 0 radical (unpaired) electrons. The summed E-state index contributed by atoms with van der Waals surface area (Å²) in [4.78, 5) is 4.71. The molecule has 0 fully saturated rings. The molecule has 0 bridgehead atoms. The van der Waals surface area contributed by atoms with Gasteiger partial charge in [-0.1, -0.05) is 26.7 Å². The fraction of sp³-hybridized carbons (Fsp3) is 0.769. The van der Waals surface area contributed by atoms with Crippen LogP contribution >= 0.6 is 0 Å². The van der Waals surface area contributed by atoms with Crippen molar-refractivity contribution in [2.45, 2.75) is 58.9 Å². The number of unbranched alkanes of at least 4 members (excludes halogenated alkanes) is 2. The highest BCUT2D eigenvalue weighted by atomic mass is 15.1. The van der Waals surface area contributed by atoms with Gasteiger partial charge < -0.3 is 10.3 Å². The van der Waals surface area contributed by atoms with Crippen LogP contribution in [0.2, 0.25) is 0 Å². The third-order valence-electron chi connectivity index (χ3n) is 3.56. The van der Waals surface area contributed by atoms with Crippen LogP contribution in [0.25, 0.3) is 0 Å². The van der Waals surface area contributed by atoms with Crippen LogP contribution in [0.3, 0.4) is 0 Å². The molecule has 2 heterocycles. The van der Waals surface area contributed by atoms with Crippen LogP contribution in [-0.4, -0.2) is 9.55 Å². The average Bonchev–Trinajstić information content (AvgIpc) is 2.56. The van der Waals surface area contributed by atoms with Crippen LogP contribution in [0.1, 0.15) is 51.0 Å². The number of rotatable bonds is 4. The zero-order chi connectivity index (χ0) is 11.5. The van der Waals surface area contributed by atoms with E-state index in [0.717, 1.165) is 36.8 Å². The maximum absolute atomic E-state index is 6.15. The molecule has 0 spiro atoms. The predicted molar refractivity (Wildman–Crippen MR) is 67.4 cm³/mol. The molecule has 1 aliphatic heterocycles. The molecule has 1 aliphatic rings. The number of nitrogens with two attached hydrogens (primary N) is 1. The lowest BCUT2D eigenvalue weighted by atomic mass is 10.0. The monoisotopic (exact) mass is 221 g/mol. The highest BCUT2D eigenvalue weighted by Crippen LogP contribution is 2.25. The largest absolute Gasteiger partial charge is 0.384 e. The van der Waals surface area contributed by atoms with Gasteiger partial charge in [0.1, 0.15) is 11.6 Å². The molecular weight excluding hydrogens is 198 g/mol. The minimum absolute atomic E-state index is 0.762. The first-order valence-corrected chi connectivity index (χ1v) is 6.56. The second kappa shape index (κ2) is 4.89. The van der Waals surface area contributed by atoms with Crippen LogP contribution in [0.5, 0.6) is 0 Å². The van der Waals surface area contributed by atoms with Gasteiger partial charge in [-0.05, 0) is 25.2 Å². The smallest absolute Gasteiger partial charge is 0.126 e. The molecule has 16 heavy (non-hydrogen) atoms. The molecule has 0 aliphatic carbocycles. The molecular formula is C13H23N3. The summed E-state index contributed by atoms with van der Waals surface area (Å²) in [6.07, 6.45) is 7.13. The van der Waals surface area contributed by atoms with E-state index in [9.17, 15) is 0 Å². The standard InChI is InChI=1S/C13H23N3/c1-3-4-5-6-11-13(14)16-8-7-10(2)9-12(16)15-11/h10H,3-9,14H2,1-2H3. The Hall–Kier alpha value is -0.990. The van der Waals surface area contributed by atoms with Gasteiger partial charge in [-0.3, -0.25) is 0 Å². The first kappa shape index (κ1) is 11.5. The fourth-order valence-corrected chi connectivity index (χ4v) is 2.46. The van der Waals surface area contributed by atoms with Crippen molar-refractivity contribution >= 4 is 5.82 Å². The van der Waals surface area contributed by atoms with E-state index < -0.39 is 0 Å². The van der Waals surface area contributed by atoms with Crippen LogP contribution in [0.4, 0.5) is 5.82 Å². The lowest BCUT2D eigenvalue weighted by Gasteiger charge is -2.20. The van der Waals surface area contributed by atoms with Gasteiger partial charge in [0, 0.05) is 13.0 Å². The minimum Gasteiger partial charge on any atom is -0.384 e.